The van der Waals surface area contributed by atoms with E-state index in [9.17, 15) is 14.1 Å². The van der Waals surface area contributed by atoms with Crippen molar-refractivity contribution in [2.75, 3.05) is 39.0 Å². The predicted molar refractivity (Wildman–Crippen MR) is 92.9 cm³/mol. The minimum atomic E-state index is -0.910. The van der Waals surface area contributed by atoms with Crippen LogP contribution in [0.2, 0.25) is 0 Å². The summed E-state index contributed by atoms with van der Waals surface area (Å²) in [5, 5.41) is 9.39. The molecule has 6 heteroatoms. The average molecular weight is 338 g/mol. The molecule has 1 aliphatic heterocycles. The van der Waals surface area contributed by atoms with Crippen molar-refractivity contribution in [3.63, 3.8) is 0 Å². The van der Waals surface area contributed by atoms with Crippen LogP contribution in [0.15, 0.2) is 24.3 Å². The summed E-state index contributed by atoms with van der Waals surface area (Å²) < 4.78 is 11.3. The van der Waals surface area contributed by atoms with E-state index in [0.29, 0.717) is 24.4 Å². The molecule has 2 atom stereocenters. The van der Waals surface area contributed by atoms with Crippen LogP contribution in [0.3, 0.4) is 0 Å². The summed E-state index contributed by atoms with van der Waals surface area (Å²) in [7, 11) is -0.910. The summed E-state index contributed by atoms with van der Waals surface area (Å²) in [6, 6.07) is 7.61. The van der Waals surface area contributed by atoms with Gasteiger partial charge < -0.3 is 10.0 Å². The number of carbonyl (C=O) groups excluding carboxylic acids is 1. The second-order valence-electron chi connectivity index (χ2n) is 5.99. The molecule has 1 fully saturated rings. The van der Waals surface area contributed by atoms with Crippen LogP contribution in [0.5, 0.6) is 0 Å². The number of piperazine rings is 1. The Kier molecular flexibility index (Phi) is 6.74. The third kappa shape index (κ3) is 4.86. The zero-order valence-electron chi connectivity index (χ0n) is 13.9. The summed E-state index contributed by atoms with van der Waals surface area (Å²) in [6.07, 6.45) is 2.58. The van der Waals surface area contributed by atoms with Gasteiger partial charge >= 0.3 is 0 Å². The highest BCUT2D eigenvalue weighted by Gasteiger charge is 2.25. The first kappa shape index (κ1) is 18.1. The van der Waals surface area contributed by atoms with E-state index in [1.165, 1.54) is 0 Å². The van der Waals surface area contributed by atoms with E-state index in [-0.39, 0.29) is 18.6 Å². The normalized spacial score (nSPS) is 18.7. The highest BCUT2D eigenvalue weighted by molar-refractivity contribution is 7.83. The Bertz CT molecular complexity index is 553. The summed E-state index contributed by atoms with van der Waals surface area (Å²) in [6.45, 7) is 5.19. The lowest BCUT2D eigenvalue weighted by molar-refractivity contribution is 0.0472. The molecule has 128 valence electrons. The third-order valence-electron chi connectivity index (χ3n) is 4.34. The molecule has 1 aromatic carbocycles. The second kappa shape index (κ2) is 8.57. The van der Waals surface area contributed by atoms with Crippen molar-refractivity contribution in [3.8, 4) is 0 Å². The molecule has 1 amide bonds. The number of rotatable bonds is 6. The van der Waals surface area contributed by atoms with Gasteiger partial charge in [-0.15, -0.1) is 0 Å². The van der Waals surface area contributed by atoms with Gasteiger partial charge in [0.25, 0.3) is 5.91 Å². The van der Waals surface area contributed by atoms with Crippen molar-refractivity contribution in [1.29, 1.82) is 0 Å². The summed E-state index contributed by atoms with van der Waals surface area (Å²) >= 11 is 0. The largest absolute Gasteiger partial charge is 0.395 e. The Labute approximate surface area is 140 Å². The fourth-order valence-electron chi connectivity index (χ4n) is 3.00. The van der Waals surface area contributed by atoms with E-state index >= 15 is 0 Å². The molecule has 0 saturated carbocycles. The van der Waals surface area contributed by atoms with Crippen molar-refractivity contribution >= 4 is 16.7 Å². The van der Waals surface area contributed by atoms with Crippen LogP contribution in [-0.2, 0) is 16.6 Å². The van der Waals surface area contributed by atoms with E-state index in [2.05, 4.69) is 11.8 Å². The molecule has 0 spiro atoms. The van der Waals surface area contributed by atoms with Gasteiger partial charge in [0, 0.05) is 60.6 Å². The molecule has 23 heavy (non-hydrogen) atoms. The molecule has 1 aromatic rings. The molecule has 1 heterocycles. The lowest BCUT2D eigenvalue weighted by Gasteiger charge is -2.38. The van der Waals surface area contributed by atoms with Crippen molar-refractivity contribution in [3.05, 3.63) is 35.4 Å². The number of aliphatic hydroxyl groups excluding tert-OH is 1. The van der Waals surface area contributed by atoms with E-state index in [1.54, 1.807) is 6.26 Å². The number of aliphatic hydroxyl groups is 1. The van der Waals surface area contributed by atoms with Gasteiger partial charge in [0.15, 0.2) is 0 Å². The number of hydrogen-bond acceptors (Lipinski definition) is 4. The number of amides is 1. The molecule has 1 N–H and O–H groups in total. The Morgan fingerprint density at radius 3 is 2.57 bits per heavy atom. The van der Waals surface area contributed by atoms with E-state index in [1.807, 2.05) is 29.2 Å². The van der Waals surface area contributed by atoms with Crippen LogP contribution >= 0.6 is 0 Å². The molecule has 0 bridgehead atoms. The zero-order valence-corrected chi connectivity index (χ0v) is 14.7. The quantitative estimate of drug-likeness (QED) is 0.844. The molecule has 0 radical (unpaired) electrons. The Morgan fingerprint density at radius 1 is 1.30 bits per heavy atom. The molecule has 0 aliphatic carbocycles. The van der Waals surface area contributed by atoms with E-state index < -0.39 is 10.8 Å². The van der Waals surface area contributed by atoms with Crippen molar-refractivity contribution in [2.24, 2.45) is 0 Å². The number of nitrogens with zero attached hydrogens (tertiary/aromatic N) is 2. The molecule has 2 unspecified atom stereocenters. The first-order valence-corrected chi connectivity index (χ1v) is 9.81. The van der Waals surface area contributed by atoms with Crippen LogP contribution < -0.4 is 0 Å². The first-order chi connectivity index (χ1) is 11.0. The highest BCUT2D eigenvalue weighted by Crippen LogP contribution is 2.14. The lowest BCUT2D eigenvalue weighted by Crippen LogP contribution is -2.52. The van der Waals surface area contributed by atoms with Gasteiger partial charge in [-0.25, -0.2) is 0 Å². The van der Waals surface area contributed by atoms with E-state index in [4.69, 9.17) is 0 Å². The maximum Gasteiger partial charge on any atom is 0.253 e. The van der Waals surface area contributed by atoms with Crippen LogP contribution in [0, 0.1) is 0 Å². The van der Waals surface area contributed by atoms with Crippen molar-refractivity contribution in [1.82, 2.24) is 9.80 Å². The van der Waals surface area contributed by atoms with Gasteiger partial charge in [-0.1, -0.05) is 19.1 Å². The molecular weight excluding hydrogens is 312 g/mol. The van der Waals surface area contributed by atoms with Crippen molar-refractivity contribution < 1.29 is 14.1 Å². The maximum absolute atomic E-state index is 12.6. The zero-order chi connectivity index (χ0) is 16.8. The van der Waals surface area contributed by atoms with Gasteiger partial charge in [-0.2, -0.15) is 0 Å². The predicted octanol–water partition coefficient (Wildman–Crippen LogP) is 1.09. The minimum absolute atomic E-state index is 0.0328. The highest BCUT2D eigenvalue weighted by atomic mass is 32.2. The van der Waals surface area contributed by atoms with Crippen LogP contribution in [0.25, 0.3) is 0 Å². The Balaban J connectivity index is 1.98. The lowest BCUT2D eigenvalue weighted by atomic mass is 10.1. The van der Waals surface area contributed by atoms with Crippen LogP contribution in [0.1, 0.15) is 29.3 Å². The smallest absolute Gasteiger partial charge is 0.253 e. The Hall–Kier alpha value is -1.24. The van der Waals surface area contributed by atoms with Gasteiger partial charge in [-0.05, 0) is 24.1 Å². The second-order valence-corrected chi connectivity index (χ2v) is 7.43. The molecule has 0 aromatic heterocycles. The fourth-order valence-corrected chi connectivity index (χ4v) is 3.65. The summed E-state index contributed by atoms with van der Waals surface area (Å²) in [5.41, 5.74) is 1.59. The third-order valence-corrected chi connectivity index (χ3v) is 5.08. The molecular formula is C17H26N2O3S. The minimum Gasteiger partial charge on any atom is -0.395 e. The fraction of sp³-hybridized carbons (Fsp3) is 0.588. The van der Waals surface area contributed by atoms with Crippen LogP contribution in [-0.4, -0.2) is 70.1 Å². The SMILES string of the molecule is CCC(CO)N1CCN(C(=O)c2cccc(CS(C)=O)c2)CC1. The van der Waals surface area contributed by atoms with Crippen LogP contribution in [0.4, 0.5) is 0 Å². The molecule has 1 saturated heterocycles. The monoisotopic (exact) mass is 338 g/mol. The van der Waals surface area contributed by atoms with E-state index in [0.717, 1.165) is 25.1 Å². The summed E-state index contributed by atoms with van der Waals surface area (Å²) in [4.78, 5) is 16.7. The molecule has 2 rings (SSSR count). The van der Waals surface area contributed by atoms with Gasteiger partial charge in [0.05, 0.1) is 6.61 Å². The van der Waals surface area contributed by atoms with Gasteiger partial charge in [0.2, 0.25) is 0 Å². The molecule has 1 aliphatic rings. The summed E-state index contributed by atoms with van der Waals surface area (Å²) in [5.74, 6) is 0.509. The number of carbonyl (C=O) groups is 1. The van der Waals surface area contributed by atoms with Gasteiger partial charge in [0.1, 0.15) is 0 Å². The average Bonchev–Trinajstić information content (AvgIpc) is 2.55. The maximum atomic E-state index is 12.6. The Morgan fingerprint density at radius 2 is 2.00 bits per heavy atom. The van der Waals surface area contributed by atoms with Crippen molar-refractivity contribution in [2.45, 2.75) is 25.1 Å². The topological polar surface area (TPSA) is 60.9 Å². The van der Waals surface area contributed by atoms with Gasteiger partial charge in [-0.3, -0.25) is 13.9 Å². The number of hydrogen-bond donors (Lipinski definition) is 1. The molecule has 5 nitrogen and oxygen atoms in total. The standard InChI is InChI=1S/C17H26N2O3S/c1-3-16(12-20)18-7-9-19(10-8-18)17(21)15-6-4-5-14(11-15)13-23(2)22/h4-6,11,16,20H,3,7-10,12-13H2,1-2H3. The number of benzene rings is 1. The first-order valence-electron chi connectivity index (χ1n) is 8.08.